The smallest absolute Gasteiger partial charge is 0.220 e. The molecule has 1 atom stereocenters. The van der Waals surface area contributed by atoms with Gasteiger partial charge < -0.3 is 15.2 Å². The first-order valence-electron chi connectivity index (χ1n) is 8.13. The highest BCUT2D eigenvalue weighted by atomic mass is 16.5. The number of carbonyl (C=O) groups is 1. The van der Waals surface area contributed by atoms with Gasteiger partial charge in [0.05, 0.1) is 12.7 Å². The lowest BCUT2D eigenvalue weighted by Crippen LogP contribution is -2.41. The van der Waals surface area contributed by atoms with E-state index in [1.165, 1.54) is 0 Å². The van der Waals surface area contributed by atoms with Gasteiger partial charge in [0.2, 0.25) is 5.91 Å². The fourth-order valence-corrected chi connectivity index (χ4v) is 3.18. The third-order valence-electron chi connectivity index (χ3n) is 4.44. The van der Waals surface area contributed by atoms with Crippen molar-refractivity contribution in [2.45, 2.75) is 51.0 Å². The fourth-order valence-electron chi connectivity index (χ4n) is 3.18. The summed E-state index contributed by atoms with van der Waals surface area (Å²) in [7, 11) is 1.67. The van der Waals surface area contributed by atoms with Crippen molar-refractivity contribution in [3.05, 3.63) is 29.8 Å². The molecule has 4 nitrogen and oxygen atoms in total. The predicted octanol–water partition coefficient (Wildman–Crippen LogP) is 2.69. The first kappa shape index (κ1) is 16.8. The van der Waals surface area contributed by atoms with E-state index in [4.69, 9.17) is 4.74 Å². The SMILES string of the molecule is COc1ccccc1CC(C)CC(=O)NCC1(O)CCCC1. The Kier molecular flexibility index (Phi) is 5.83. The first-order valence-corrected chi connectivity index (χ1v) is 8.13. The molecule has 1 aliphatic rings. The third kappa shape index (κ3) is 4.73. The second-order valence-corrected chi connectivity index (χ2v) is 6.53. The average molecular weight is 305 g/mol. The Morgan fingerprint density at radius 3 is 2.73 bits per heavy atom. The average Bonchev–Trinajstić information content (AvgIpc) is 2.93. The minimum Gasteiger partial charge on any atom is -0.496 e. The molecule has 4 heteroatoms. The molecule has 0 saturated heterocycles. The summed E-state index contributed by atoms with van der Waals surface area (Å²) in [6.07, 6.45) is 4.97. The van der Waals surface area contributed by atoms with E-state index in [0.717, 1.165) is 43.4 Å². The minimum absolute atomic E-state index is 0.0164. The van der Waals surface area contributed by atoms with Crippen molar-refractivity contribution in [3.8, 4) is 5.75 Å². The van der Waals surface area contributed by atoms with E-state index >= 15 is 0 Å². The van der Waals surface area contributed by atoms with Crippen LogP contribution in [-0.4, -0.2) is 30.3 Å². The van der Waals surface area contributed by atoms with Crippen LogP contribution in [0.15, 0.2) is 24.3 Å². The Balaban J connectivity index is 1.78. The Labute approximate surface area is 132 Å². The number of amides is 1. The zero-order chi connectivity index (χ0) is 16.0. The van der Waals surface area contributed by atoms with Crippen LogP contribution in [0, 0.1) is 5.92 Å². The van der Waals surface area contributed by atoms with E-state index in [1.807, 2.05) is 24.3 Å². The monoisotopic (exact) mass is 305 g/mol. The number of ether oxygens (including phenoxy) is 1. The molecule has 1 amide bonds. The maximum atomic E-state index is 12.0. The van der Waals surface area contributed by atoms with Gasteiger partial charge in [-0.05, 0) is 36.8 Å². The molecule has 1 aromatic carbocycles. The molecule has 1 aromatic rings. The molecule has 1 fully saturated rings. The van der Waals surface area contributed by atoms with Crippen LogP contribution in [0.5, 0.6) is 5.75 Å². The van der Waals surface area contributed by atoms with Crippen LogP contribution >= 0.6 is 0 Å². The molecule has 0 radical (unpaired) electrons. The van der Waals surface area contributed by atoms with Crippen LogP contribution in [0.25, 0.3) is 0 Å². The van der Waals surface area contributed by atoms with Gasteiger partial charge in [0.15, 0.2) is 0 Å². The number of nitrogens with one attached hydrogen (secondary N) is 1. The molecule has 1 saturated carbocycles. The molecule has 22 heavy (non-hydrogen) atoms. The van der Waals surface area contributed by atoms with Crippen molar-refractivity contribution in [2.75, 3.05) is 13.7 Å². The zero-order valence-corrected chi connectivity index (χ0v) is 13.6. The van der Waals surface area contributed by atoms with Crippen molar-refractivity contribution >= 4 is 5.91 Å². The largest absolute Gasteiger partial charge is 0.496 e. The van der Waals surface area contributed by atoms with Gasteiger partial charge in [-0.1, -0.05) is 38.0 Å². The molecule has 122 valence electrons. The van der Waals surface area contributed by atoms with Gasteiger partial charge in [0.25, 0.3) is 0 Å². The van der Waals surface area contributed by atoms with Gasteiger partial charge in [-0.2, -0.15) is 0 Å². The predicted molar refractivity (Wildman–Crippen MR) is 86.9 cm³/mol. The van der Waals surface area contributed by atoms with Gasteiger partial charge in [-0.3, -0.25) is 4.79 Å². The van der Waals surface area contributed by atoms with E-state index in [-0.39, 0.29) is 11.8 Å². The number of para-hydroxylation sites is 1. The Hall–Kier alpha value is -1.55. The summed E-state index contributed by atoms with van der Waals surface area (Å²) in [6.45, 7) is 2.45. The molecule has 0 bridgehead atoms. The maximum absolute atomic E-state index is 12.0. The zero-order valence-electron chi connectivity index (χ0n) is 13.6. The summed E-state index contributed by atoms with van der Waals surface area (Å²) in [5.74, 6) is 1.12. The number of aliphatic hydroxyl groups is 1. The first-order chi connectivity index (χ1) is 10.5. The number of hydrogen-bond donors (Lipinski definition) is 2. The van der Waals surface area contributed by atoms with Gasteiger partial charge in [0, 0.05) is 13.0 Å². The normalized spacial score (nSPS) is 18.0. The number of carbonyl (C=O) groups excluding carboxylic acids is 1. The lowest BCUT2D eigenvalue weighted by molar-refractivity contribution is -0.123. The van der Waals surface area contributed by atoms with Crippen LogP contribution in [0.4, 0.5) is 0 Å². The van der Waals surface area contributed by atoms with Crippen molar-refractivity contribution in [1.29, 1.82) is 0 Å². The summed E-state index contributed by atoms with van der Waals surface area (Å²) in [5, 5.41) is 13.1. The lowest BCUT2D eigenvalue weighted by atomic mass is 9.96. The maximum Gasteiger partial charge on any atom is 0.220 e. The number of rotatable bonds is 7. The molecule has 0 heterocycles. The van der Waals surface area contributed by atoms with Crippen LogP contribution in [0.2, 0.25) is 0 Å². The van der Waals surface area contributed by atoms with Crippen LogP contribution < -0.4 is 10.1 Å². The Bertz CT molecular complexity index is 495. The third-order valence-corrected chi connectivity index (χ3v) is 4.44. The summed E-state index contributed by atoms with van der Waals surface area (Å²) in [5.41, 5.74) is 0.446. The number of benzene rings is 1. The van der Waals surface area contributed by atoms with Crippen molar-refractivity contribution in [2.24, 2.45) is 5.92 Å². The van der Waals surface area contributed by atoms with E-state index < -0.39 is 5.60 Å². The molecule has 2 N–H and O–H groups in total. The summed E-state index contributed by atoms with van der Waals surface area (Å²) in [6, 6.07) is 7.91. The van der Waals surface area contributed by atoms with Crippen LogP contribution in [0.3, 0.4) is 0 Å². The van der Waals surface area contributed by atoms with E-state index in [2.05, 4.69) is 12.2 Å². The topological polar surface area (TPSA) is 58.6 Å². The Morgan fingerprint density at radius 2 is 2.05 bits per heavy atom. The van der Waals surface area contributed by atoms with Gasteiger partial charge >= 0.3 is 0 Å². The molecule has 0 aromatic heterocycles. The minimum atomic E-state index is -0.679. The molecular formula is C18H27NO3. The lowest BCUT2D eigenvalue weighted by Gasteiger charge is -2.23. The number of hydrogen-bond acceptors (Lipinski definition) is 3. The van der Waals surface area contributed by atoms with E-state index in [9.17, 15) is 9.90 Å². The second-order valence-electron chi connectivity index (χ2n) is 6.53. The highest BCUT2D eigenvalue weighted by Gasteiger charge is 2.31. The summed E-state index contributed by atoms with van der Waals surface area (Å²) in [4.78, 5) is 12.0. The van der Waals surface area contributed by atoms with Crippen molar-refractivity contribution in [1.82, 2.24) is 5.32 Å². The number of methoxy groups -OCH3 is 1. The highest BCUT2D eigenvalue weighted by molar-refractivity contribution is 5.76. The van der Waals surface area contributed by atoms with Crippen molar-refractivity contribution < 1.29 is 14.6 Å². The summed E-state index contributed by atoms with van der Waals surface area (Å²) >= 11 is 0. The molecular weight excluding hydrogens is 278 g/mol. The van der Waals surface area contributed by atoms with Crippen molar-refractivity contribution in [3.63, 3.8) is 0 Å². The highest BCUT2D eigenvalue weighted by Crippen LogP contribution is 2.28. The van der Waals surface area contributed by atoms with Crippen LogP contribution in [0.1, 0.15) is 44.6 Å². The van der Waals surface area contributed by atoms with Gasteiger partial charge in [0.1, 0.15) is 5.75 Å². The van der Waals surface area contributed by atoms with Crippen LogP contribution in [-0.2, 0) is 11.2 Å². The van der Waals surface area contributed by atoms with Gasteiger partial charge in [-0.25, -0.2) is 0 Å². The molecule has 1 aliphatic carbocycles. The van der Waals surface area contributed by atoms with Gasteiger partial charge in [-0.15, -0.1) is 0 Å². The second kappa shape index (κ2) is 7.63. The van der Waals surface area contributed by atoms with E-state index in [0.29, 0.717) is 13.0 Å². The standard InChI is InChI=1S/C18H27NO3/c1-14(11-15-7-3-4-8-16(15)22-2)12-17(20)19-13-18(21)9-5-6-10-18/h3-4,7-8,14,21H,5-6,9-13H2,1-2H3,(H,19,20). The molecule has 0 aliphatic heterocycles. The molecule has 0 spiro atoms. The van der Waals surface area contributed by atoms with E-state index in [1.54, 1.807) is 7.11 Å². The quantitative estimate of drug-likeness (QED) is 0.814. The molecule has 2 rings (SSSR count). The summed E-state index contributed by atoms with van der Waals surface area (Å²) < 4.78 is 5.35. The molecule has 1 unspecified atom stereocenters. The Morgan fingerprint density at radius 1 is 1.36 bits per heavy atom. The fraction of sp³-hybridized carbons (Fsp3) is 0.611.